The third-order valence-corrected chi connectivity index (χ3v) is 11.6. The summed E-state index contributed by atoms with van der Waals surface area (Å²) in [5.41, 5.74) is 0. The van der Waals surface area contributed by atoms with E-state index in [1.807, 2.05) is 0 Å². The molecule has 0 spiro atoms. The molecule has 0 aliphatic heterocycles. The van der Waals surface area contributed by atoms with Crippen LogP contribution in [0.15, 0.2) is 12.2 Å². The molecule has 0 aromatic carbocycles. The number of carbonyl (C=O) groups is 2. The number of rotatable bonds is 46. The summed E-state index contributed by atoms with van der Waals surface area (Å²) < 4.78 is 5.45. The van der Waals surface area contributed by atoms with Crippen molar-refractivity contribution in [3.8, 4) is 0 Å². The van der Waals surface area contributed by atoms with Gasteiger partial charge in [0.2, 0.25) is 5.91 Å². The maximum absolute atomic E-state index is 12.4. The van der Waals surface area contributed by atoms with Gasteiger partial charge >= 0.3 is 5.97 Å². The van der Waals surface area contributed by atoms with Gasteiger partial charge in [-0.1, -0.05) is 212 Å². The molecule has 0 aliphatic rings. The molecule has 0 saturated heterocycles. The van der Waals surface area contributed by atoms with E-state index in [1.54, 1.807) is 0 Å². The van der Waals surface area contributed by atoms with Crippen molar-refractivity contribution in [3.63, 3.8) is 0 Å². The summed E-state index contributed by atoms with van der Waals surface area (Å²) >= 11 is 0. The van der Waals surface area contributed by atoms with Crippen LogP contribution in [0.1, 0.15) is 271 Å². The molecule has 56 heavy (non-hydrogen) atoms. The highest BCUT2D eigenvalue weighted by Gasteiger charge is 2.20. The van der Waals surface area contributed by atoms with Gasteiger partial charge in [-0.05, 0) is 57.8 Å². The van der Waals surface area contributed by atoms with Crippen molar-refractivity contribution in [3.05, 3.63) is 12.2 Å². The van der Waals surface area contributed by atoms with Gasteiger partial charge in [-0.25, -0.2) is 0 Å². The molecular weight excluding hydrogens is 695 g/mol. The number of ether oxygens (including phenoxy) is 1. The van der Waals surface area contributed by atoms with E-state index in [0.29, 0.717) is 25.9 Å². The first-order valence-corrected chi connectivity index (χ1v) is 24.9. The quantitative estimate of drug-likeness (QED) is 0.0324. The Balaban J connectivity index is 3.47. The van der Waals surface area contributed by atoms with Gasteiger partial charge < -0.3 is 20.3 Å². The molecule has 0 aromatic rings. The number of amides is 1. The van der Waals surface area contributed by atoms with E-state index < -0.39 is 12.1 Å². The molecule has 332 valence electrons. The van der Waals surface area contributed by atoms with Gasteiger partial charge in [0, 0.05) is 12.8 Å². The summed E-state index contributed by atoms with van der Waals surface area (Å²) in [4.78, 5) is 24.4. The van der Waals surface area contributed by atoms with Crippen LogP contribution < -0.4 is 5.32 Å². The first-order chi connectivity index (χ1) is 27.5. The molecular formula is C50H97NO5. The topological polar surface area (TPSA) is 95.9 Å². The second-order valence-corrected chi connectivity index (χ2v) is 17.1. The second-order valence-electron chi connectivity index (χ2n) is 17.1. The van der Waals surface area contributed by atoms with E-state index in [0.717, 1.165) is 77.0 Å². The molecule has 0 fully saturated rings. The Bertz CT molecular complexity index is 832. The highest BCUT2D eigenvalue weighted by atomic mass is 16.5. The predicted molar refractivity (Wildman–Crippen MR) is 241 cm³/mol. The molecule has 6 nitrogen and oxygen atoms in total. The predicted octanol–water partition coefficient (Wildman–Crippen LogP) is 14.6. The standard InChI is InChI=1S/C50H97NO5/c1-3-5-7-9-11-13-15-16-17-18-19-24-28-32-36-40-44-50(55)56-45-41-37-33-29-25-21-20-23-27-31-35-39-43-49(54)51-47(46-52)48(53)42-38-34-30-26-22-14-12-10-8-6-4-2/h21,25,47-48,52-53H,3-20,22-24,26-46H2,1-2H3,(H,51,54)/b25-21-. The van der Waals surface area contributed by atoms with E-state index in [4.69, 9.17) is 4.74 Å². The van der Waals surface area contributed by atoms with E-state index in [-0.39, 0.29) is 18.5 Å². The number of nitrogens with one attached hydrogen (secondary N) is 1. The van der Waals surface area contributed by atoms with Crippen molar-refractivity contribution >= 4 is 11.9 Å². The highest BCUT2D eigenvalue weighted by molar-refractivity contribution is 5.76. The minimum Gasteiger partial charge on any atom is -0.466 e. The fraction of sp³-hybridized carbons (Fsp3) is 0.920. The van der Waals surface area contributed by atoms with Gasteiger partial charge in [0.1, 0.15) is 0 Å². The third-order valence-electron chi connectivity index (χ3n) is 11.6. The van der Waals surface area contributed by atoms with Crippen LogP contribution in [-0.4, -0.2) is 47.4 Å². The zero-order valence-corrected chi connectivity index (χ0v) is 37.6. The average Bonchev–Trinajstić information content (AvgIpc) is 3.20. The lowest BCUT2D eigenvalue weighted by molar-refractivity contribution is -0.143. The average molecular weight is 792 g/mol. The Morgan fingerprint density at radius 1 is 0.482 bits per heavy atom. The number of unbranched alkanes of at least 4 members (excludes halogenated alkanes) is 33. The Kier molecular flexibility index (Phi) is 45.1. The molecule has 0 rings (SSSR count). The lowest BCUT2D eigenvalue weighted by atomic mass is 10.0. The molecule has 0 aliphatic carbocycles. The molecule has 0 bridgehead atoms. The first-order valence-electron chi connectivity index (χ1n) is 24.9. The first kappa shape index (κ1) is 54.6. The number of allylic oxidation sites excluding steroid dienone is 2. The van der Waals surface area contributed by atoms with Crippen LogP contribution in [0, 0.1) is 0 Å². The zero-order valence-electron chi connectivity index (χ0n) is 37.6. The minimum absolute atomic E-state index is 0.0195. The summed E-state index contributed by atoms with van der Waals surface area (Å²) in [6.45, 7) is 4.89. The van der Waals surface area contributed by atoms with Crippen LogP contribution in [0.2, 0.25) is 0 Å². The molecule has 2 atom stereocenters. The molecule has 0 heterocycles. The number of hydrogen-bond acceptors (Lipinski definition) is 5. The largest absolute Gasteiger partial charge is 0.466 e. The maximum atomic E-state index is 12.4. The molecule has 1 amide bonds. The Morgan fingerprint density at radius 3 is 1.27 bits per heavy atom. The number of aliphatic hydroxyl groups is 2. The minimum atomic E-state index is -0.677. The fourth-order valence-corrected chi connectivity index (χ4v) is 7.69. The van der Waals surface area contributed by atoms with E-state index in [9.17, 15) is 19.8 Å². The van der Waals surface area contributed by atoms with E-state index >= 15 is 0 Å². The molecule has 2 unspecified atom stereocenters. The van der Waals surface area contributed by atoms with Gasteiger partial charge in [-0.15, -0.1) is 0 Å². The third kappa shape index (κ3) is 42.2. The van der Waals surface area contributed by atoms with Crippen molar-refractivity contribution in [2.75, 3.05) is 13.2 Å². The Morgan fingerprint density at radius 2 is 0.839 bits per heavy atom. The number of hydrogen-bond donors (Lipinski definition) is 3. The molecule has 0 radical (unpaired) electrons. The smallest absolute Gasteiger partial charge is 0.305 e. The lowest BCUT2D eigenvalue weighted by Crippen LogP contribution is -2.45. The second kappa shape index (κ2) is 46.3. The van der Waals surface area contributed by atoms with Gasteiger partial charge in [0.05, 0.1) is 25.4 Å². The maximum Gasteiger partial charge on any atom is 0.305 e. The molecule has 0 saturated carbocycles. The number of aliphatic hydroxyl groups excluding tert-OH is 2. The molecule has 3 N–H and O–H groups in total. The molecule has 0 aromatic heterocycles. The summed E-state index contributed by atoms with van der Waals surface area (Å²) in [5, 5.41) is 23.1. The van der Waals surface area contributed by atoms with Gasteiger partial charge in [-0.3, -0.25) is 9.59 Å². The van der Waals surface area contributed by atoms with Crippen molar-refractivity contribution in [1.29, 1.82) is 0 Å². The Hall–Kier alpha value is -1.40. The van der Waals surface area contributed by atoms with Gasteiger partial charge in [-0.2, -0.15) is 0 Å². The monoisotopic (exact) mass is 792 g/mol. The van der Waals surface area contributed by atoms with Crippen molar-refractivity contribution in [1.82, 2.24) is 5.32 Å². The van der Waals surface area contributed by atoms with Crippen LogP contribution in [0.5, 0.6) is 0 Å². The van der Waals surface area contributed by atoms with Gasteiger partial charge in [0.15, 0.2) is 0 Å². The van der Waals surface area contributed by atoms with Crippen LogP contribution in [0.4, 0.5) is 0 Å². The van der Waals surface area contributed by atoms with Crippen LogP contribution in [0.25, 0.3) is 0 Å². The van der Waals surface area contributed by atoms with Crippen LogP contribution in [-0.2, 0) is 14.3 Å². The fourth-order valence-electron chi connectivity index (χ4n) is 7.69. The summed E-state index contributed by atoms with van der Waals surface area (Å²) in [7, 11) is 0. The highest BCUT2D eigenvalue weighted by Crippen LogP contribution is 2.16. The van der Waals surface area contributed by atoms with E-state index in [1.165, 1.54) is 161 Å². The zero-order chi connectivity index (χ0) is 40.8. The van der Waals surface area contributed by atoms with Crippen molar-refractivity contribution in [2.45, 2.75) is 283 Å². The van der Waals surface area contributed by atoms with Crippen molar-refractivity contribution in [2.24, 2.45) is 0 Å². The summed E-state index contributed by atoms with van der Waals surface area (Å²) in [6, 6.07) is -0.557. The Labute approximate surface area is 349 Å². The van der Waals surface area contributed by atoms with Crippen LogP contribution in [0.3, 0.4) is 0 Å². The lowest BCUT2D eigenvalue weighted by Gasteiger charge is -2.22. The number of carbonyl (C=O) groups excluding carboxylic acids is 2. The van der Waals surface area contributed by atoms with E-state index in [2.05, 4.69) is 31.3 Å². The van der Waals surface area contributed by atoms with Gasteiger partial charge in [0.25, 0.3) is 0 Å². The SMILES string of the molecule is CCCCCCCCCCCCCCCCCCC(=O)OCCCCC/C=C\CCCCCCCC(=O)NC(CO)C(O)CCCCCCCCCCCCC. The molecule has 6 heteroatoms. The summed E-state index contributed by atoms with van der Waals surface area (Å²) in [5.74, 6) is -0.0809. The van der Waals surface area contributed by atoms with Crippen LogP contribution >= 0.6 is 0 Å². The summed E-state index contributed by atoms with van der Waals surface area (Å²) in [6.07, 6.45) is 51.8. The number of esters is 1. The van der Waals surface area contributed by atoms with Crippen molar-refractivity contribution < 1.29 is 24.5 Å². The normalized spacial score (nSPS) is 12.7.